The molecule has 1 saturated heterocycles. The van der Waals surface area contributed by atoms with Gasteiger partial charge < -0.3 is 15.6 Å². The fourth-order valence-electron chi connectivity index (χ4n) is 3.78. The molecular weight excluding hydrogens is 428 g/mol. The number of ketones is 1. The van der Waals surface area contributed by atoms with Gasteiger partial charge in [0.05, 0.1) is 10.4 Å². The molecule has 0 bridgehead atoms. The van der Waals surface area contributed by atoms with Crippen molar-refractivity contribution in [1.29, 1.82) is 0 Å². The summed E-state index contributed by atoms with van der Waals surface area (Å²) in [6.07, 6.45) is 1.22. The van der Waals surface area contributed by atoms with Crippen molar-refractivity contribution in [1.82, 2.24) is 25.4 Å². The van der Waals surface area contributed by atoms with E-state index in [2.05, 4.69) is 26.0 Å². The first-order valence-corrected chi connectivity index (χ1v) is 11.0. The number of benzene rings is 1. The molecule has 10 heteroatoms. The number of carbonyl (C=O) groups excluding carboxylic acids is 3. The number of rotatable bonds is 5. The van der Waals surface area contributed by atoms with Gasteiger partial charge in [-0.15, -0.1) is 11.3 Å². The molecule has 162 valence electrons. The van der Waals surface area contributed by atoms with Crippen LogP contribution in [0.4, 0.5) is 5.82 Å². The monoisotopic (exact) mass is 448 g/mol. The van der Waals surface area contributed by atoms with Crippen LogP contribution in [0, 0.1) is 0 Å². The third kappa shape index (κ3) is 3.70. The van der Waals surface area contributed by atoms with E-state index in [9.17, 15) is 14.4 Å². The quantitative estimate of drug-likeness (QED) is 0.276. The third-order valence-electron chi connectivity index (χ3n) is 5.27. The standard InChI is InChI=1S/C22H20N6O3S/c1-12-9-19(29)26-22(24-12)28-18(10-16(27-28)17-7-4-8-32-17)25-21(31)20(30)14-11-23-15-6-3-2-5-13(14)15/h2-8,10-12,22-24H,9H2,1H3,(H,25,31)(H,26,29). The summed E-state index contributed by atoms with van der Waals surface area (Å²) >= 11 is 1.50. The van der Waals surface area contributed by atoms with E-state index in [-0.39, 0.29) is 11.9 Å². The van der Waals surface area contributed by atoms with Crippen LogP contribution in [0.5, 0.6) is 0 Å². The van der Waals surface area contributed by atoms with Gasteiger partial charge in [0.25, 0.3) is 11.7 Å². The molecule has 1 aliphatic rings. The third-order valence-corrected chi connectivity index (χ3v) is 6.16. The van der Waals surface area contributed by atoms with Crippen molar-refractivity contribution in [3.05, 3.63) is 59.6 Å². The number of nitrogens with one attached hydrogen (secondary N) is 4. The Kier molecular flexibility index (Phi) is 5.08. The van der Waals surface area contributed by atoms with E-state index in [4.69, 9.17) is 0 Å². The molecule has 5 rings (SSSR count). The van der Waals surface area contributed by atoms with E-state index >= 15 is 0 Å². The summed E-state index contributed by atoms with van der Waals surface area (Å²) in [6, 6.07) is 12.7. The zero-order chi connectivity index (χ0) is 22.2. The lowest BCUT2D eigenvalue weighted by Crippen LogP contribution is -2.52. The van der Waals surface area contributed by atoms with Gasteiger partial charge in [-0.05, 0) is 24.4 Å². The predicted molar refractivity (Wildman–Crippen MR) is 121 cm³/mol. The topological polar surface area (TPSA) is 121 Å². The van der Waals surface area contributed by atoms with Gasteiger partial charge in [0.1, 0.15) is 11.5 Å². The van der Waals surface area contributed by atoms with Gasteiger partial charge in [0.2, 0.25) is 5.91 Å². The summed E-state index contributed by atoms with van der Waals surface area (Å²) in [4.78, 5) is 41.8. The van der Waals surface area contributed by atoms with Crippen molar-refractivity contribution in [2.24, 2.45) is 0 Å². The maximum atomic E-state index is 12.9. The number of fused-ring (bicyclic) bond motifs is 1. The smallest absolute Gasteiger partial charge is 0.297 e. The second-order valence-corrected chi connectivity index (χ2v) is 8.56. The highest BCUT2D eigenvalue weighted by Gasteiger charge is 2.29. The summed E-state index contributed by atoms with van der Waals surface area (Å²) in [5.41, 5.74) is 1.70. The Morgan fingerprint density at radius 1 is 1.22 bits per heavy atom. The fourth-order valence-corrected chi connectivity index (χ4v) is 4.46. The molecule has 4 heterocycles. The average Bonchev–Trinajstić information content (AvgIpc) is 3.51. The first-order valence-electron chi connectivity index (χ1n) is 10.1. The summed E-state index contributed by atoms with van der Waals surface area (Å²) < 4.78 is 1.49. The van der Waals surface area contributed by atoms with Gasteiger partial charge in [-0.25, -0.2) is 4.68 Å². The molecule has 1 aliphatic heterocycles. The molecule has 1 fully saturated rings. The zero-order valence-electron chi connectivity index (χ0n) is 17.1. The Balaban J connectivity index is 1.47. The predicted octanol–water partition coefficient (Wildman–Crippen LogP) is 2.87. The SMILES string of the molecule is CC1CC(=O)NC(n2nc(-c3cccs3)cc2NC(=O)C(=O)c2c[nH]c3ccccc23)N1. The number of aromatic nitrogens is 3. The van der Waals surface area contributed by atoms with Crippen LogP contribution in [0.3, 0.4) is 0 Å². The number of thiophene rings is 1. The Bertz CT molecular complexity index is 1320. The van der Waals surface area contributed by atoms with Gasteiger partial charge >= 0.3 is 0 Å². The van der Waals surface area contributed by atoms with Crippen molar-refractivity contribution in [3.63, 3.8) is 0 Å². The minimum atomic E-state index is -0.788. The van der Waals surface area contributed by atoms with E-state index in [1.807, 2.05) is 42.6 Å². The molecule has 2 amide bonds. The summed E-state index contributed by atoms with van der Waals surface area (Å²) in [5, 5.41) is 16.0. The molecule has 0 aliphatic carbocycles. The number of carbonyl (C=O) groups is 3. The van der Waals surface area contributed by atoms with Gasteiger partial charge in [-0.2, -0.15) is 5.10 Å². The number of nitrogens with zero attached hydrogens (tertiary/aromatic N) is 2. The van der Waals surface area contributed by atoms with E-state index in [1.54, 1.807) is 12.1 Å². The van der Waals surface area contributed by atoms with Crippen molar-refractivity contribution in [2.75, 3.05) is 5.32 Å². The normalized spacial score (nSPS) is 18.5. The number of para-hydroxylation sites is 1. The van der Waals surface area contributed by atoms with Crippen LogP contribution in [-0.2, 0) is 9.59 Å². The highest BCUT2D eigenvalue weighted by molar-refractivity contribution is 7.13. The minimum absolute atomic E-state index is 0.0699. The van der Waals surface area contributed by atoms with Crippen LogP contribution in [0.25, 0.3) is 21.5 Å². The lowest BCUT2D eigenvalue weighted by molar-refractivity contribution is -0.125. The van der Waals surface area contributed by atoms with Crippen LogP contribution in [0.1, 0.15) is 30.0 Å². The Morgan fingerprint density at radius 3 is 2.84 bits per heavy atom. The number of anilines is 1. The lowest BCUT2D eigenvalue weighted by atomic mass is 10.1. The Morgan fingerprint density at radius 2 is 2.06 bits per heavy atom. The highest BCUT2D eigenvalue weighted by Crippen LogP contribution is 2.28. The maximum Gasteiger partial charge on any atom is 0.297 e. The first kappa shape index (κ1) is 20.2. The summed E-state index contributed by atoms with van der Waals surface area (Å²) in [7, 11) is 0. The average molecular weight is 449 g/mol. The molecule has 4 aromatic rings. The molecule has 0 radical (unpaired) electrons. The molecule has 2 unspecified atom stereocenters. The maximum absolute atomic E-state index is 12.9. The first-order chi connectivity index (χ1) is 15.5. The van der Waals surface area contributed by atoms with Gasteiger partial charge in [-0.3, -0.25) is 19.7 Å². The van der Waals surface area contributed by atoms with Crippen LogP contribution in [0.2, 0.25) is 0 Å². The molecule has 1 aromatic carbocycles. The number of H-pyrrole nitrogens is 1. The molecule has 2 atom stereocenters. The number of hydrogen-bond acceptors (Lipinski definition) is 6. The van der Waals surface area contributed by atoms with E-state index in [0.29, 0.717) is 28.9 Å². The van der Waals surface area contributed by atoms with Gasteiger partial charge in [-0.1, -0.05) is 24.3 Å². The van der Waals surface area contributed by atoms with Gasteiger partial charge in [0.15, 0.2) is 6.29 Å². The minimum Gasteiger partial charge on any atom is -0.360 e. The van der Waals surface area contributed by atoms with Crippen LogP contribution < -0.4 is 16.0 Å². The molecule has 9 nitrogen and oxygen atoms in total. The zero-order valence-corrected chi connectivity index (χ0v) is 17.9. The second-order valence-electron chi connectivity index (χ2n) is 7.61. The number of Topliss-reactive ketones (excluding diaryl/α,β-unsaturated/α-hetero) is 1. The molecule has 4 N–H and O–H groups in total. The summed E-state index contributed by atoms with van der Waals surface area (Å²) in [5.74, 6) is -1.27. The molecular formula is C22H20N6O3S. The van der Waals surface area contributed by atoms with Crippen molar-refractivity contribution < 1.29 is 14.4 Å². The lowest BCUT2D eigenvalue weighted by Gasteiger charge is -2.30. The molecule has 32 heavy (non-hydrogen) atoms. The molecule has 0 spiro atoms. The van der Waals surface area contributed by atoms with E-state index in [0.717, 1.165) is 10.4 Å². The van der Waals surface area contributed by atoms with Crippen LogP contribution >= 0.6 is 11.3 Å². The number of aromatic amines is 1. The Hall–Kier alpha value is -3.76. The van der Waals surface area contributed by atoms with Crippen molar-refractivity contribution >= 4 is 45.7 Å². The fraction of sp³-hybridized carbons (Fsp3) is 0.182. The van der Waals surface area contributed by atoms with Crippen LogP contribution in [-0.4, -0.2) is 38.4 Å². The van der Waals surface area contributed by atoms with Crippen molar-refractivity contribution in [2.45, 2.75) is 25.7 Å². The largest absolute Gasteiger partial charge is 0.360 e. The number of hydrogen-bond donors (Lipinski definition) is 4. The van der Waals surface area contributed by atoms with E-state index in [1.165, 1.54) is 22.2 Å². The Labute approximate surface area is 186 Å². The van der Waals surface area contributed by atoms with Crippen LogP contribution in [0.15, 0.2) is 54.0 Å². The molecule has 3 aromatic heterocycles. The number of amides is 2. The summed E-state index contributed by atoms with van der Waals surface area (Å²) in [6.45, 7) is 1.90. The highest BCUT2D eigenvalue weighted by atomic mass is 32.1. The van der Waals surface area contributed by atoms with Crippen molar-refractivity contribution in [3.8, 4) is 10.6 Å². The van der Waals surface area contributed by atoms with Gasteiger partial charge in [0, 0.05) is 35.6 Å². The molecule has 0 saturated carbocycles. The second kappa shape index (κ2) is 8.06. The van der Waals surface area contributed by atoms with E-state index < -0.39 is 18.0 Å².